The van der Waals surface area contributed by atoms with Crippen LogP contribution in [-0.2, 0) is 6.11 Å². The number of hydrogen-bond donors (Lipinski definition) is 0. The Kier molecular flexibility index (Phi) is 5.30. The molecule has 0 aromatic heterocycles. The van der Waals surface area contributed by atoms with Crippen molar-refractivity contribution in [3.05, 3.63) is 87.9 Å². The summed E-state index contributed by atoms with van der Waals surface area (Å²) in [4.78, 5) is 0. The predicted octanol–water partition coefficient (Wildman–Crippen LogP) is 7.00. The Balaban J connectivity index is 1.89. The lowest BCUT2D eigenvalue weighted by Crippen LogP contribution is -2.22. The second-order valence-corrected chi connectivity index (χ2v) is 6.33. The molecule has 3 aromatic carbocycles. The molecule has 0 radical (unpaired) electrons. The average molecular weight is 417 g/mol. The summed E-state index contributed by atoms with van der Waals surface area (Å²) in [6.07, 6.45) is -3.94. The first-order chi connectivity index (χ1) is 13.1. The van der Waals surface area contributed by atoms with E-state index < -0.39 is 45.7 Å². The maximum absolute atomic E-state index is 14.3. The van der Waals surface area contributed by atoms with E-state index in [1.807, 2.05) is 0 Å². The van der Waals surface area contributed by atoms with Crippen LogP contribution in [0.25, 0.3) is 11.1 Å². The lowest BCUT2D eigenvalue weighted by atomic mass is 10.0. The Morgan fingerprint density at radius 2 is 1.39 bits per heavy atom. The van der Waals surface area contributed by atoms with Crippen LogP contribution in [0.2, 0.25) is 5.02 Å². The lowest BCUT2D eigenvalue weighted by molar-refractivity contribution is -0.185. The van der Waals surface area contributed by atoms with Crippen LogP contribution in [0.15, 0.2) is 48.5 Å². The van der Waals surface area contributed by atoms with E-state index in [2.05, 4.69) is 4.74 Å². The highest BCUT2D eigenvalue weighted by atomic mass is 35.5. The fourth-order valence-corrected chi connectivity index (χ4v) is 2.62. The van der Waals surface area contributed by atoms with E-state index in [0.717, 1.165) is 24.3 Å². The third kappa shape index (κ3) is 3.80. The molecular weight excluding hydrogens is 406 g/mol. The molecule has 3 aromatic rings. The van der Waals surface area contributed by atoms with Crippen molar-refractivity contribution in [3.63, 3.8) is 0 Å². The Morgan fingerprint density at radius 1 is 0.821 bits per heavy atom. The van der Waals surface area contributed by atoms with Gasteiger partial charge in [0.1, 0.15) is 22.4 Å². The summed E-state index contributed by atoms with van der Waals surface area (Å²) in [6, 6.07) is 7.94. The average Bonchev–Trinajstić information content (AvgIpc) is 2.64. The van der Waals surface area contributed by atoms with E-state index in [9.17, 15) is 26.3 Å². The molecule has 3 rings (SSSR count). The van der Waals surface area contributed by atoms with Gasteiger partial charge in [-0.2, -0.15) is 8.78 Å². The number of hydrogen-bond acceptors (Lipinski definition) is 1. The van der Waals surface area contributed by atoms with E-state index >= 15 is 0 Å². The lowest BCUT2D eigenvalue weighted by Gasteiger charge is -2.19. The zero-order valence-corrected chi connectivity index (χ0v) is 14.9. The molecule has 0 unspecified atom stereocenters. The Labute approximate surface area is 161 Å². The minimum absolute atomic E-state index is 0.0965. The van der Waals surface area contributed by atoms with Crippen LogP contribution in [0.1, 0.15) is 11.1 Å². The molecule has 0 saturated heterocycles. The minimum Gasteiger partial charge on any atom is -0.429 e. The van der Waals surface area contributed by atoms with Crippen molar-refractivity contribution < 1.29 is 31.1 Å². The van der Waals surface area contributed by atoms with Gasteiger partial charge in [-0.15, -0.1) is 0 Å². The summed E-state index contributed by atoms with van der Waals surface area (Å²) in [6.45, 7) is 1.39. The molecule has 0 spiro atoms. The number of ether oxygens (including phenoxy) is 1. The summed E-state index contributed by atoms with van der Waals surface area (Å²) in [5.74, 6) is -5.38. The number of aryl methyl sites for hydroxylation is 1. The summed E-state index contributed by atoms with van der Waals surface area (Å²) < 4.78 is 87.5. The maximum atomic E-state index is 14.3. The van der Waals surface area contributed by atoms with E-state index in [0.29, 0.717) is 12.1 Å². The molecule has 28 heavy (non-hydrogen) atoms. The first-order valence-electron chi connectivity index (χ1n) is 7.87. The van der Waals surface area contributed by atoms with Crippen LogP contribution in [-0.4, -0.2) is 0 Å². The first-order valence-corrected chi connectivity index (χ1v) is 8.25. The highest BCUT2D eigenvalue weighted by Gasteiger charge is 2.35. The molecule has 0 amide bonds. The van der Waals surface area contributed by atoms with Crippen molar-refractivity contribution in [2.45, 2.75) is 13.0 Å². The van der Waals surface area contributed by atoms with Crippen LogP contribution in [0.5, 0.6) is 5.75 Å². The molecule has 0 saturated carbocycles. The molecule has 0 aliphatic heterocycles. The van der Waals surface area contributed by atoms with Gasteiger partial charge in [0.05, 0.1) is 5.56 Å². The van der Waals surface area contributed by atoms with Crippen molar-refractivity contribution in [2.75, 3.05) is 0 Å². The number of rotatable bonds is 4. The maximum Gasteiger partial charge on any atom is 0.426 e. The monoisotopic (exact) mass is 416 g/mol. The molecule has 0 aliphatic rings. The molecular formula is C20H11ClF6O. The molecule has 1 nitrogen and oxygen atoms in total. The number of benzene rings is 3. The van der Waals surface area contributed by atoms with Gasteiger partial charge in [0.15, 0.2) is 11.6 Å². The normalized spacial score (nSPS) is 11.6. The van der Waals surface area contributed by atoms with Gasteiger partial charge in [0.2, 0.25) is 0 Å². The zero-order chi connectivity index (χ0) is 20.6. The van der Waals surface area contributed by atoms with Gasteiger partial charge in [0.25, 0.3) is 0 Å². The molecule has 0 bridgehead atoms. The summed E-state index contributed by atoms with van der Waals surface area (Å²) in [5.41, 5.74) is -0.472. The molecule has 0 atom stereocenters. The highest BCUT2D eigenvalue weighted by molar-refractivity contribution is 6.30. The van der Waals surface area contributed by atoms with E-state index in [1.165, 1.54) is 19.1 Å². The van der Waals surface area contributed by atoms with E-state index in [4.69, 9.17) is 11.6 Å². The zero-order valence-electron chi connectivity index (χ0n) is 14.2. The van der Waals surface area contributed by atoms with Crippen LogP contribution < -0.4 is 4.74 Å². The minimum atomic E-state index is -3.94. The van der Waals surface area contributed by atoms with Crippen LogP contribution in [0.4, 0.5) is 26.3 Å². The summed E-state index contributed by atoms with van der Waals surface area (Å²) in [5, 5.41) is -0.840. The van der Waals surface area contributed by atoms with E-state index in [1.54, 1.807) is 0 Å². The Morgan fingerprint density at radius 3 is 1.96 bits per heavy atom. The van der Waals surface area contributed by atoms with Gasteiger partial charge >= 0.3 is 6.11 Å². The largest absolute Gasteiger partial charge is 0.429 e. The molecule has 0 aliphatic carbocycles. The van der Waals surface area contributed by atoms with Crippen molar-refractivity contribution >= 4 is 11.6 Å². The highest BCUT2D eigenvalue weighted by Crippen LogP contribution is 2.35. The topological polar surface area (TPSA) is 9.23 Å². The smallest absolute Gasteiger partial charge is 0.426 e. The summed E-state index contributed by atoms with van der Waals surface area (Å²) >= 11 is 5.30. The molecule has 8 heteroatoms. The fourth-order valence-electron chi connectivity index (χ4n) is 2.51. The quantitative estimate of drug-likeness (QED) is 0.328. The van der Waals surface area contributed by atoms with Crippen LogP contribution >= 0.6 is 11.6 Å². The van der Waals surface area contributed by atoms with Crippen molar-refractivity contribution in [1.82, 2.24) is 0 Å². The van der Waals surface area contributed by atoms with Gasteiger partial charge in [-0.3, -0.25) is 0 Å². The van der Waals surface area contributed by atoms with Crippen molar-refractivity contribution in [1.29, 1.82) is 0 Å². The van der Waals surface area contributed by atoms with Gasteiger partial charge < -0.3 is 4.74 Å². The van der Waals surface area contributed by atoms with Gasteiger partial charge in [0, 0.05) is 17.7 Å². The van der Waals surface area contributed by atoms with Crippen LogP contribution in [0.3, 0.4) is 0 Å². The Hall–Kier alpha value is -2.67. The third-order valence-electron chi connectivity index (χ3n) is 4.01. The SMILES string of the molecule is Cc1ccc(-c2ccc(C(F)(F)Oc3cc(F)c(Cl)c(F)c3)cc2)c(F)c1F. The second kappa shape index (κ2) is 7.39. The summed E-state index contributed by atoms with van der Waals surface area (Å²) in [7, 11) is 0. The number of halogens is 7. The van der Waals surface area contributed by atoms with Gasteiger partial charge in [-0.25, -0.2) is 17.6 Å². The molecule has 0 N–H and O–H groups in total. The van der Waals surface area contributed by atoms with Crippen molar-refractivity contribution in [3.8, 4) is 16.9 Å². The number of alkyl halides is 2. The third-order valence-corrected chi connectivity index (χ3v) is 4.37. The van der Waals surface area contributed by atoms with Crippen LogP contribution in [0, 0.1) is 30.2 Å². The molecule has 0 heterocycles. The molecule has 146 valence electrons. The predicted molar refractivity (Wildman–Crippen MR) is 92.4 cm³/mol. The van der Waals surface area contributed by atoms with Gasteiger partial charge in [-0.1, -0.05) is 35.9 Å². The standard InChI is InChI=1S/C20H11ClF6O/c1-10-2-7-14(19(25)18(10)24)11-3-5-12(6-4-11)20(26,27)28-13-8-15(22)17(21)16(23)9-13/h2-9H,1H3. The van der Waals surface area contributed by atoms with E-state index in [-0.39, 0.29) is 16.7 Å². The first kappa shape index (κ1) is 20.1. The fraction of sp³-hybridized carbons (Fsp3) is 0.100. The Bertz CT molecular complexity index is 1010. The second-order valence-electron chi connectivity index (χ2n) is 5.96. The molecule has 0 fully saturated rings. The van der Waals surface area contributed by atoms with Crippen molar-refractivity contribution in [2.24, 2.45) is 0 Å². The van der Waals surface area contributed by atoms with Gasteiger partial charge in [-0.05, 0) is 30.2 Å².